The predicted molar refractivity (Wildman–Crippen MR) is 112 cm³/mol. The molecule has 2 rings (SSSR count). The van der Waals surface area contributed by atoms with Gasteiger partial charge in [-0.2, -0.15) is 0 Å². The van der Waals surface area contributed by atoms with Gasteiger partial charge >= 0.3 is 6.36 Å². The van der Waals surface area contributed by atoms with Crippen molar-refractivity contribution in [3.63, 3.8) is 0 Å². The zero-order chi connectivity index (χ0) is 23.4. The minimum absolute atomic E-state index is 0.0100. The fraction of sp³-hybridized carbons (Fsp3) is 0.250. The van der Waals surface area contributed by atoms with Gasteiger partial charge in [-0.1, -0.05) is 11.6 Å². The molecule has 1 aromatic heterocycles. The van der Waals surface area contributed by atoms with Gasteiger partial charge in [0.1, 0.15) is 5.75 Å². The van der Waals surface area contributed by atoms with Crippen molar-refractivity contribution < 1.29 is 35.9 Å². The number of ether oxygens (including phenoxy) is 2. The van der Waals surface area contributed by atoms with E-state index in [9.17, 15) is 26.4 Å². The number of alkyl halides is 3. The lowest BCUT2D eigenvalue weighted by atomic mass is 10.2. The molecule has 0 bridgehead atoms. The molecule has 0 saturated carbocycles. The van der Waals surface area contributed by atoms with Gasteiger partial charge in [-0.25, -0.2) is 8.42 Å². The largest absolute Gasteiger partial charge is 0.573 e. The third kappa shape index (κ3) is 7.12. The highest BCUT2D eigenvalue weighted by atomic mass is 35.5. The first-order valence-corrected chi connectivity index (χ1v) is 11.2. The number of benzene rings is 1. The van der Waals surface area contributed by atoms with Crippen LogP contribution in [0.2, 0.25) is 5.02 Å². The molecule has 0 aliphatic rings. The van der Waals surface area contributed by atoms with Crippen LogP contribution in [-0.2, 0) is 16.4 Å². The summed E-state index contributed by atoms with van der Waals surface area (Å²) in [6.45, 7) is -0.0251. The molecule has 170 valence electrons. The lowest BCUT2D eigenvalue weighted by Crippen LogP contribution is -2.34. The van der Waals surface area contributed by atoms with E-state index in [0.29, 0.717) is 16.4 Å². The van der Waals surface area contributed by atoms with Gasteiger partial charge in [-0.3, -0.25) is 9.52 Å². The van der Waals surface area contributed by atoms with E-state index in [2.05, 4.69) is 22.3 Å². The molecule has 0 unspecified atom stereocenters. The van der Waals surface area contributed by atoms with Gasteiger partial charge in [0.05, 0.1) is 12.7 Å². The Morgan fingerprint density at radius 1 is 1.29 bits per heavy atom. The van der Waals surface area contributed by atoms with Crippen molar-refractivity contribution in [2.45, 2.75) is 17.0 Å². The van der Waals surface area contributed by atoms with Crippen LogP contribution < -0.4 is 25.2 Å². The first-order valence-electron chi connectivity index (χ1n) is 8.15. The van der Waals surface area contributed by atoms with Crippen molar-refractivity contribution in [2.24, 2.45) is 5.73 Å². The van der Waals surface area contributed by atoms with Crippen molar-refractivity contribution in [3.8, 4) is 11.5 Å². The highest BCUT2D eigenvalue weighted by molar-refractivity contribution is 7.93. The summed E-state index contributed by atoms with van der Waals surface area (Å²) in [7, 11) is -3.11. The Morgan fingerprint density at radius 2 is 1.97 bits per heavy atom. The Hall–Kier alpha value is -2.29. The number of sulfonamides is 1. The molecular formula is C16H15ClF3N3O5S3. The monoisotopic (exact) mass is 517 g/mol. The Kier molecular flexibility index (Phi) is 7.97. The summed E-state index contributed by atoms with van der Waals surface area (Å²) < 4.78 is 72.3. The highest BCUT2D eigenvalue weighted by Gasteiger charge is 2.35. The van der Waals surface area contributed by atoms with Gasteiger partial charge in [0.2, 0.25) is 0 Å². The number of hydrogen-bond donors (Lipinski definition) is 3. The van der Waals surface area contributed by atoms with Crippen LogP contribution >= 0.6 is 35.2 Å². The first kappa shape index (κ1) is 25.0. The van der Waals surface area contributed by atoms with Crippen LogP contribution in [0, 0.1) is 0 Å². The Labute approximate surface area is 189 Å². The maximum absolute atomic E-state index is 12.7. The van der Waals surface area contributed by atoms with E-state index in [-0.39, 0.29) is 29.2 Å². The molecule has 0 aliphatic heterocycles. The van der Waals surface area contributed by atoms with E-state index in [1.165, 1.54) is 25.3 Å². The van der Waals surface area contributed by atoms with Gasteiger partial charge in [-0.05, 0) is 42.9 Å². The number of carbonyl (C=O) groups excluding carboxylic acids is 1. The molecule has 15 heteroatoms. The second kappa shape index (κ2) is 9.89. The van der Waals surface area contributed by atoms with Crippen molar-refractivity contribution in [1.29, 1.82) is 0 Å². The Morgan fingerprint density at radius 3 is 2.55 bits per heavy atom. The molecule has 0 fully saturated rings. The number of nitrogens with two attached hydrogens (primary N) is 1. The van der Waals surface area contributed by atoms with Crippen LogP contribution in [-0.4, -0.2) is 39.5 Å². The standard InChI is InChI=1S/C16H15ClF3N3O5S3/c1-27-11-3-2-8(17)6-10(11)13(24)22-5-4-9-7-12(28-16(18,19)20)14(30-9)31(25,26)23-15(21)29/h2-3,6-7H,4-5H2,1H3,(H,22,24)(H3,21,23,29). The molecule has 0 atom stereocenters. The van der Waals surface area contributed by atoms with Gasteiger partial charge in [0.25, 0.3) is 15.9 Å². The topological polar surface area (TPSA) is 120 Å². The van der Waals surface area contributed by atoms with Crippen molar-refractivity contribution >= 4 is 56.2 Å². The molecule has 4 N–H and O–H groups in total. The third-order valence-corrected chi connectivity index (χ3v) is 7.01. The fourth-order valence-electron chi connectivity index (χ4n) is 2.34. The third-order valence-electron chi connectivity index (χ3n) is 3.48. The number of nitrogens with one attached hydrogen (secondary N) is 2. The molecule has 1 aromatic carbocycles. The molecule has 0 radical (unpaired) electrons. The molecule has 1 heterocycles. The number of rotatable bonds is 8. The van der Waals surface area contributed by atoms with E-state index in [1.54, 1.807) is 4.72 Å². The molecule has 0 spiro atoms. The minimum Gasteiger partial charge on any atom is -0.496 e. The minimum atomic E-state index is -5.12. The highest BCUT2D eigenvalue weighted by Crippen LogP contribution is 2.37. The van der Waals surface area contributed by atoms with Gasteiger partial charge < -0.3 is 20.5 Å². The number of amides is 1. The smallest absolute Gasteiger partial charge is 0.496 e. The van der Waals surface area contributed by atoms with Crippen molar-refractivity contribution in [2.75, 3.05) is 13.7 Å². The van der Waals surface area contributed by atoms with Crippen LogP contribution in [0.3, 0.4) is 0 Å². The summed E-state index contributed by atoms with van der Waals surface area (Å²) in [6, 6.07) is 5.35. The Balaban J connectivity index is 2.18. The zero-order valence-corrected chi connectivity index (χ0v) is 18.8. The number of thiophene rings is 1. The molecule has 8 nitrogen and oxygen atoms in total. The lowest BCUT2D eigenvalue weighted by molar-refractivity contribution is -0.275. The summed E-state index contributed by atoms with van der Waals surface area (Å²) in [6.07, 6.45) is -5.11. The molecule has 0 saturated heterocycles. The Bertz CT molecular complexity index is 1090. The second-order valence-corrected chi connectivity index (χ2v) is 9.62. The quantitative estimate of drug-likeness (QED) is 0.460. The number of hydrogen-bond acceptors (Lipinski definition) is 7. The van der Waals surface area contributed by atoms with Crippen molar-refractivity contribution in [1.82, 2.24) is 10.0 Å². The van der Waals surface area contributed by atoms with Crippen LogP contribution in [0.4, 0.5) is 13.2 Å². The summed E-state index contributed by atoms with van der Waals surface area (Å²) in [5.41, 5.74) is 5.28. The summed E-state index contributed by atoms with van der Waals surface area (Å²) >= 11 is 10.8. The van der Waals surface area contributed by atoms with E-state index >= 15 is 0 Å². The molecular weight excluding hydrogens is 503 g/mol. The molecule has 0 aliphatic carbocycles. The first-order chi connectivity index (χ1) is 14.3. The zero-order valence-electron chi connectivity index (χ0n) is 15.6. The van der Waals surface area contributed by atoms with E-state index < -0.39 is 37.4 Å². The van der Waals surface area contributed by atoms with Crippen LogP contribution in [0.1, 0.15) is 15.2 Å². The molecule has 31 heavy (non-hydrogen) atoms. The predicted octanol–water partition coefficient (Wildman–Crippen LogP) is 2.80. The van der Waals surface area contributed by atoms with E-state index in [1.807, 2.05) is 0 Å². The van der Waals surface area contributed by atoms with E-state index in [0.717, 1.165) is 6.07 Å². The summed E-state index contributed by atoms with van der Waals surface area (Å²) in [5.74, 6) is -1.19. The summed E-state index contributed by atoms with van der Waals surface area (Å²) in [5, 5.41) is 2.22. The number of methoxy groups -OCH3 is 1. The maximum atomic E-state index is 12.7. The summed E-state index contributed by atoms with van der Waals surface area (Å²) in [4.78, 5) is 12.5. The van der Waals surface area contributed by atoms with E-state index in [4.69, 9.17) is 22.1 Å². The van der Waals surface area contributed by atoms with Gasteiger partial charge in [-0.15, -0.1) is 24.5 Å². The maximum Gasteiger partial charge on any atom is 0.573 e. The van der Waals surface area contributed by atoms with Crippen LogP contribution in [0.15, 0.2) is 28.5 Å². The lowest BCUT2D eigenvalue weighted by Gasteiger charge is -2.10. The normalized spacial score (nSPS) is 11.6. The molecule has 2 aromatic rings. The number of carbonyl (C=O) groups is 1. The second-order valence-electron chi connectivity index (χ2n) is 5.73. The van der Waals surface area contributed by atoms with Crippen LogP contribution in [0.25, 0.3) is 0 Å². The average molecular weight is 518 g/mol. The van der Waals surface area contributed by atoms with Crippen molar-refractivity contribution in [3.05, 3.63) is 39.7 Å². The SMILES string of the molecule is COc1ccc(Cl)cc1C(=O)NCCc1cc(OC(F)(F)F)c(S(=O)(=O)NC(N)=S)s1. The fourth-order valence-corrected chi connectivity index (χ4v) is 5.26. The van der Waals surface area contributed by atoms with Gasteiger partial charge in [0, 0.05) is 16.4 Å². The average Bonchev–Trinajstić information content (AvgIpc) is 3.02. The van der Waals surface area contributed by atoms with Gasteiger partial charge in [0.15, 0.2) is 15.1 Å². The van der Waals surface area contributed by atoms with Crippen LogP contribution in [0.5, 0.6) is 11.5 Å². The number of halogens is 4. The number of thiocarbonyl (C=S) groups is 1. The molecule has 1 amide bonds.